The van der Waals surface area contributed by atoms with Crippen LogP contribution in [0.1, 0.15) is 54.6 Å². The molecule has 1 heterocycles. The van der Waals surface area contributed by atoms with E-state index in [-0.39, 0.29) is 23.3 Å². The Kier molecular flexibility index (Phi) is 7.63. The Hall–Kier alpha value is -4.06. The number of carbonyl (C=O) groups excluding carboxylic acids is 2. The monoisotopic (exact) mass is 513 g/mol. The molecule has 1 saturated heterocycles. The number of hydrogen-bond acceptors (Lipinski definition) is 5. The first-order chi connectivity index (χ1) is 18.0. The Morgan fingerprint density at radius 3 is 2.11 bits per heavy atom. The first-order valence-electron chi connectivity index (χ1n) is 12.7. The van der Waals surface area contributed by atoms with Crippen LogP contribution in [0.15, 0.2) is 72.3 Å². The number of carbonyl (C=O) groups is 2. The SMILES string of the molecule is COc1ccc(CCN2C(=O)C(=O)/C(=C(\O)c3ccc(C)cc3)C2c2ccc(C(C)(C)C)cc2)cc1OC. The van der Waals surface area contributed by atoms with Crippen molar-refractivity contribution in [3.05, 3.63) is 100 Å². The molecular formula is C32H35NO5. The van der Waals surface area contributed by atoms with Crippen molar-refractivity contribution in [1.29, 1.82) is 0 Å². The molecule has 4 rings (SSSR count). The summed E-state index contributed by atoms with van der Waals surface area (Å²) < 4.78 is 10.8. The molecule has 0 aliphatic carbocycles. The van der Waals surface area contributed by atoms with Crippen molar-refractivity contribution in [3.8, 4) is 11.5 Å². The van der Waals surface area contributed by atoms with E-state index in [2.05, 4.69) is 20.8 Å². The summed E-state index contributed by atoms with van der Waals surface area (Å²) >= 11 is 0. The van der Waals surface area contributed by atoms with Gasteiger partial charge in [-0.15, -0.1) is 0 Å². The van der Waals surface area contributed by atoms with Gasteiger partial charge in [-0.05, 0) is 47.6 Å². The van der Waals surface area contributed by atoms with Crippen molar-refractivity contribution in [1.82, 2.24) is 4.90 Å². The molecule has 6 heteroatoms. The van der Waals surface area contributed by atoms with Crippen LogP contribution in [0.4, 0.5) is 0 Å². The molecule has 198 valence electrons. The predicted molar refractivity (Wildman–Crippen MR) is 149 cm³/mol. The van der Waals surface area contributed by atoms with E-state index < -0.39 is 17.7 Å². The molecule has 0 bridgehead atoms. The van der Waals surface area contributed by atoms with Gasteiger partial charge in [0.15, 0.2) is 11.5 Å². The van der Waals surface area contributed by atoms with Crippen LogP contribution in [0.3, 0.4) is 0 Å². The van der Waals surface area contributed by atoms with Crippen molar-refractivity contribution in [3.63, 3.8) is 0 Å². The van der Waals surface area contributed by atoms with Gasteiger partial charge in [-0.25, -0.2) is 0 Å². The third-order valence-corrected chi connectivity index (χ3v) is 7.05. The number of Topliss-reactive ketones (excluding diaryl/α,β-unsaturated/α-hetero) is 1. The van der Waals surface area contributed by atoms with Gasteiger partial charge in [-0.2, -0.15) is 0 Å². The molecule has 1 N–H and O–H groups in total. The van der Waals surface area contributed by atoms with E-state index in [1.54, 1.807) is 31.3 Å². The molecule has 6 nitrogen and oxygen atoms in total. The Bertz CT molecular complexity index is 1360. The number of hydrogen-bond donors (Lipinski definition) is 1. The third kappa shape index (κ3) is 5.30. The second-order valence-corrected chi connectivity index (χ2v) is 10.7. The molecule has 3 aromatic carbocycles. The lowest BCUT2D eigenvalue weighted by Crippen LogP contribution is -2.31. The molecule has 1 aliphatic rings. The molecule has 0 saturated carbocycles. The number of benzene rings is 3. The average molecular weight is 514 g/mol. The average Bonchev–Trinajstić information content (AvgIpc) is 3.16. The normalized spacial score (nSPS) is 17.1. The van der Waals surface area contributed by atoms with Gasteiger partial charge in [0.2, 0.25) is 0 Å². The molecule has 0 aromatic heterocycles. The second kappa shape index (κ2) is 10.7. The van der Waals surface area contributed by atoms with Crippen molar-refractivity contribution in [2.24, 2.45) is 0 Å². The topological polar surface area (TPSA) is 76.1 Å². The minimum atomic E-state index is -0.703. The van der Waals surface area contributed by atoms with E-state index >= 15 is 0 Å². The molecule has 1 aliphatic heterocycles. The largest absolute Gasteiger partial charge is 0.507 e. The molecular weight excluding hydrogens is 478 g/mol. The first-order valence-corrected chi connectivity index (χ1v) is 12.7. The van der Waals surface area contributed by atoms with Gasteiger partial charge in [-0.3, -0.25) is 9.59 Å². The fourth-order valence-corrected chi connectivity index (χ4v) is 4.78. The maximum absolute atomic E-state index is 13.4. The zero-order chi connectivity index (χ0) is 27.6. The van der Waals surface area contributed by atoms with Gasteiger partial charge in [0.25, 0.3) is 11.7 Å². The predicted octanol–water partition coefficient (Wildman–Crippen LogP) is 5.97. The number of ketones is 1. The summed E-state index contributed by atoms with van der Waals surface area (Å²) in [6, 6.07) is 20.1. The lowest BCUT2D eigenvalue weighted by molar-refractivity contribution is -0.139. The quantitative estimate of drug-likeness (QED) is 0.239. The number of nitrogens with zero attached hydrogens (tertiary/aromatic N) is 1. The summed E-state index contributed by atoms with van der Waals surface area (Å²) in [7, 11) is 3.16. The standard InChI is InChI=1S/C32H35NO5/c1-20-7-10-23(11-8-20)29(34)27-28(22-12-14-24(15-13-22)32(2,3)4)33(31(36)30(27)35)18-17-21-9-16-25(37-5)26(19-21)38-6/h7-16,19,28,34H,17-18H2,1-6H3/b29-27-. The van der Waals surface area contributed by atoms with E-state index in [0.29, 0.717) is 23.5 Å². The van der Waals surface area contributed by atoms with Crippen LogP contribution in [0, 0.1) is 6.92 Å². The molecule has 1 unspecified atom stereocenters. The van der Waals surface area contributed by atoms with Gasteiger partial charge in [0, 0.05) is 12.1 Å². The number of ether oxygens (including phenoxy) is 2. The summed E-state index contributed by atoms with van der Waals surface area (Å²) in [5, 5.41) is 11.3. The van der Waals surface area contributed by atoms with Gasteiger partial charge < -0.3 is 19.5 Å². The van der Waals surface area contributed by atoms with Gasteiger partial charge in [-0.1, -0.05) is 80.9 Å². The van der Waals surface area contributed by atoms with Gasteiger partial charge >= 0.3 is 0 Å². The summed E-state index contributed by atoms with van der Waals surface area (Å²) in [5.41, 5.74) is 4.45. The van der Waals surface area contributed by atoms with E-state index in [1.807, 2.05) is 61.5 Å². The van der Waals surface area contributed by atoms with E-state index in [4.69, 9.17) is 9.47 Å². The molecule has 1 amide bonds. The summed E-state index contributed by atoms with van der Waals surface area (Å²) in [6.45, 7) is 8.64. The number of aliphatic hydroxyl groups excluding tert-OH is 1. The third-order valence-electron chi connectivity index (χ3n) is 7.05. The van der Waals surface area contributed by atoms with Crippen molar-refractivity contribution in [2.45, 2.75) is 45.6 Å². The number of aliphatic hydroxyl groups is 1. The van der Waals surface area contributed by atoms with E-state index in [0.717, 1.165) is 22.3 Å². The molecule has 1 fully saturated rings. The van der Waals surface area contributed by atoms with Gasteiger partial charge in [0.05, 0.1) is 25.8 Å². The number of rotatable bonds is 7. The summed E-state index contributed by atoms with van der Waals surface area (Å²) in [4.78, 5) is 28.3. The zero-order valence-electron chi connectivity index (χ0n) is 22.9. The smallest absolute Gasteiger partial charge is 0.295 e. The minimum Gasteiger partial charge on any atom is -0.507 e. The number of amides is 1. The summed E-state index contributed by atoms with van der Waals surface area (Å²) in [5.74, 6) is -0.249. The lowest BCUT2D eigenvalue weighted by Gasteiger charge is -2.26. The van der Waals surface area contributed by atoms with Crippen LogP contribution in [-0.2, 0) is 21.4 Å². The highest BCUT2D eigenvalue weighted by molar-refractivity contribution is 6.46. The molecule has 0 spiro atoms. The van der Waals surface area contributed by atoms with Crippen LogP contribution in [0.5, 0.6) is 11.5 Å². The van der Waals surface area contributed by atoms with Crippen molar-refractivity contribution < 1.29 is 24.2 Å². The maximum atomic E-state index is 13.4. The zero-order valence-corrected chi connectivity index (χ0v) is 22.9. The highest BCUT2D eigenvalue weighted by atomic mass is 16.5. The Morgan fingerprint density at radius 1 is 0.895 bits per heavy atom. The van der Waals surface area contributed by atoms with E-state index in [1.165, 1.54) is 0 Å². The number of methoxy groups -OCH3 is 2. The Morgan fingerprint density at radius 2 is 1.53 bits per heavy atom. The molecule has 38 heavy (non-hydrogen) atoms. The van der Waals surface area contributed by atoms with Crippen LogP contribution in [0.25, 0.3) is 5.76 Å². The summed E-state index contributed by atoms with van der Waals surface area (Å²) in [6.07, 6.45) is 0.495. The maximum Gasteiger partial charge on any atom is 0.295 e. The number of likely N-dealkylation sites (tertiary alicyclic amines) is 1. The lowest BCUT2D eigenvalue weighted by atomic mass is 9.85. The van der Waals surface area contributed by atoms with Crippen LogP contribution < -0.4 is 9.47 Å². The minimum absolute atomic E-state index is 0.0460. The van der Waals surface area contributed by atoms with Crippen LogP contribution >= 0.6 is 0 Å². The highest BCUT2D eigenvalue weighted by Gasteiger charge is 2.45. The van der Waals surface area contributed by atoms with Gasteiger partial charge in [0.1, 0.15) is 5.76 Å². The van der Waals surface area contributed by atoms with Crippen LogP contribution in [-0.4, -0.2) is 42.5 Å². The Labute approximate surface area is 224 Å². The second-order valence-electron chi connectivity index (χ2n) is 10.7. The van der Waals surface area contributed by atoms with E-state index in [9.17, 15) is 14.7 Å². The highest BCUT2D eigenvalue weighted by Crippen LogP contribution is 2.40. The molecule has 1 atom stereocenters. The fourth-order valence-electron chi connectivity index (χ4n) is 4.78. The first kappa shape index (κ1) is 27.0. The van der Waals surface area contributed by atoms with Crippen molar-refractivity contribution >= 4 is 17.4 Å². The molecule has 0 radical (unpaired) electrons. The van der Waals surface area contributed by atoms with Crippen molar-refractivity contribution in [2.75, 3.05) is 20.8 Å². The fraction of sp³-hybridized carbons (Fsp3) is 0.312. The van der Waals surface area contributed by atoms with Crippen LogP contribution in [0.2, 0.25) is 0 Å². The molecule has 3 aromatic rings. The number of aryl methyl sites for hydroxylation is 1. The Balaban J connectivity index is 1.76.